The molecule has 2 aliphatic carbocycles. The second kappa shape index (κ2) is 11.2. The van der Waals surface area contributed by atoms with Crippen molar-refractivity contribution in [1.82, 2.24) is 5.32 Å². The summed E-state index contributed by atoms with van der Waals surface area (Å²) in [5, 5.41) is 18.3. The van der Waals surface area contributed by atoms with Crippen molar-refractivity contribution in [3.8, 4) is 0 Å². The first-order chi connectivity index (χ1) is 14.5. The highest BCUT2D eigenvalue weighted by Crippen LogP contribution is 2.30. The summed E-state index contributed by atoms with van der Waals surface area (Å²) >= 11 is 0. The molecule has 166 valence electrons. The van der Waals surface area contributed by atoms with Gasteiger partial charge in [-0.25, -0.2) is 4.39 Å². The number of rotatable bonds is 9. The fourth-order valence-electron chi connectivity index (χ4n) is 4.46. The van der Waals surface area contributed by atoms with Crippen molar-refractivity contribution in [3.63, 3.8) is 0 Å². The molecule has 1 aromatic rings. The summed E-state index contributed by atoms with van der Waals surface area (Å²) in [5.74, 6) is -1.69. The smallest absolute Gasteiger partial charge is 0.303 e. The van der Waals surface area contributed by atoms with Crippen LogP contribution in [-0.4, -0.2) is 35.6 Å². The van der Waals surface area contributed by atoms with Gasteiger partial charge in [0.2, 0.25) is 0 Å². The molecule has 3 rings (SSSR count). The average Bonchev–Trinajstić information content (AvgIpc) is 3.09. The quantitative estimate of drug-likeness (QED) is 0.337. The summed E-state index contributed by atoms with van der Waals surface area (Å²) in [4.78, 5) is 23.3. The van der Waals surface area contributed by atoms with Crippen molar-refractivity contribution in [2.75, 3.05) is 17.2 Å². The van der Waals surface area contributed by atoms with E-state index in [4.69, 9.17) is 5.11 Å². The normalized spacial score (nSPS) is 18.0. The second-order valence-electron chi connectivity index (χ2n) is 8.59. The van der Waals surface area contributed by atoms with Gasteiger partial charge in [0.25, 0.3) is 5.91 Å². The van der Waals surface area contributed by atoms with Crippen LogP contribution >= 0.6 is 0 Å². The molecule has 1 aromatic carbocycles. The van der Waals surface area contributed by atoms with Crippen molar-refractivity contribution in [2.45, 2.75) is 89.1 Å². The standard InChI is InChI=1S/C23H34FN3O3/c24-19-14-18(23(30)25-13-7-12-22(28)29)20(26-16-10-5-6-11-16)15-21(19)27-17-8-3-1-2-4-9-17/h14-17,26-27H,1-13H2,(H,25,30)(H,28,29). The SMILES string of the molecule is O=C(O)CCCNC(=O)c1cc(F)c(NC2CCCCCC2)cc1NC1CCCC1. The van der Waals surface area contributed by atoms with Gasteiger partial charge in [0, 0.05) is 30.7 Å². The molecule has 0 atom stereocenters. The van der Waals surface area contributed by atoms with Crippen LogP contribution in [0.25, 0.3) is 0 Å². The highest BCUT2D eigenvalue weighted by atomic mass is 19.1. The van der Waals surface area contributed by atoms with E-state index in [-0.39, 0.29) is 30.5 Å². The molecule has 2 saturated carbocycles. The molecule has 0 unspecified atom stereocenters. The molecule has 0 spiro atoms. The van der Waals surface area contributed by atoms with Crippen LogP contribution in [0.15, 0.2) is 12.1 Å². The Bertz CT molecular complexity index is 727. The molecule has 2 aliphatic rings. The summed E-state index contributed by atoms with van der Waals surface area (Å²) in [6, 6.07) is 3.60. The third-order valence-electron chi connectivity index (χ3n) is 6.13. The molecule has 6 nitrogen and oxygen atoms in total. The molecule has 7 heteroatoms. The number of carboxylic acids is 1. The van der Waals surface area contributed by atoms with E-state index in [2.05, 4.69) is 16.0 Å². The molecule has 0 radical (unpaired) electrons. The van der Waals surface area contributed by atoms with Gasteiger partial charge in [-0.1, -0.05) is 38.5 Å². The lowest BCUT2D eigenvalue weighted by Gasteiger charge is -2.22. The Morgan fingerprint density at radius 2 is 1.47 bits per heavy atom. The van der Waals surface area contributed by atoms with E-state index in [1.807, 2.05) is 0 Å². The minimum absolute atomic E-state index is 0.00787. The predicted molar refractivity (Wildman–Crippen MR) is 117 cm³/mol. The molecular formula is C23H34FN3O3. The number of benzene rings is 1. The van der Waals surface area contributed by atoms with Crippen LogP contribution in [0.4, 0.5) is 15.8 Å². The van der Waals surface area contributed by atoms with Crippen molar-refractivity contribution >= 4 is 23.3 Å². The molecular weight excluding hydrogens is 385 g/mol. The molecule has 4 N–H and O–H groups in total. The van der Waals surface area contributed by atoms with E-state index in [0.29, 0.717) is 23.8 Å². The maximum atomic E-state index is 14.9. The number of halogens is 1. The van der Waals surface area contributed by atoms with Gasteiger partial charge < -0.3 is 21.1 Å². The highest BCUT2D eigenvalue weighted by Gasteiger charge is 2.22. The van der Waals surface area contributed by atoms with Gasteiger partial charge in [-0.2, -0.15) is 0 Å². The first kappa shape index (κ1) is 22.4. The van der Waals surface area contributed by atoms with Crippen molar-refractivity contribution < 1.29 is 19.1 Å². The van der Waals surface area contributed by atoms with Crippen LogP contribution in [0.3, 0.4) is 0 Å². The Morgan fingerprint density at radius 1 is 0.900 bits per heavy atom. The van der Waals surface area contributed by atoms with Crippen LogP contribution in [0.5, 0.6) is 0 Å². The fraction of sp³-hybridized carbons (Fsp3) is 0.652. The zero-order valence-electron chi connectivity index (χ0n) is 17.6. The van der Waals surface area contributed by atoms with E-state index in [1.54, 1.807) is 6.07 Å². The minimum Gasteiger partial charge on any atom is -0.481 e. The predicted octanol–water partition coefficient (Wildman–Crippen LogP) is 4.91. The van der Waals surface area contributed by atoms with Crippen LogP contribution < -0.4 is 16.0 Å². The van der Waals surface area contributed by atoms with Crippen molar-refractivity contribution in [3.05, 3.63) is 23.5 Å². The van der Waals surface area contributed by atoms with Gasteiger partial charge in [0.15, 0.2) is 0 Å². The third kappa shape index (κ3) is 6.61. The molecule has 0 aromatic heterocycles. The molecule has 30 heavy (non-hydrogen) atoms. The highest BCUT2D eigenvalue weighted by molar-refractivity contribution is 6.00. The van der Waals surface area contributed by atoms with Crippen LogP contribution in [0.1, 0.15) is 87.4 Å². The lowest BCUT2D eigenvalue weighted by molar-refractivity contribution is -0.137. The van der Waals surface area contributed by atoms with Gasteiger partial charge in [-0.3, -0.25) is 9.59 Å². The number of carbonyl (C=O) groups is 2. The number of nitrogens with one attached hydrogen (secondary N) is 3. The first-order valence-corrected chi connectivity index (χ1v) is 11.4. The van der Waals surface area contributed by atoms with E-state index >= 15 is 0 Å². The zero-order chi connectivity index (χ0) is 21.3. The summed E-state index contributed by atoms with van der Waals surface area (Å²) in [5.41, 5.74) is 1.38. The monoisotopic (exact) mass is 419 g/mol. The number of aliphatic carboxylic acids is 1. The topological polar surface area (TPSA) is 90.5 Å². The number of carbonyl (C=O) groups excluding carboxylic acids is 1. The zero-order valence-corrected chi connectivity index (χ0v) is 17.6. The summed E-state index contributed by atoms with van der Waals surface area (Å²) in [6.45, 7) is 0.248. The van der Waals surface area contributed by atoms with E-state index < -0.39 is 11.8 Å². The van der Waals surface area contributed by atoms with E-state index in [1.165, 1.54) is 18.9 Å². The number of hydrogen-bond donors (Lipinski definition) is 4. The fourth-order valence-corrected chi connectivity index (χ4v) is 4.46. The Labute approximate surface area is 178 Å². The molecule has 0 bridgehead atoms. The van der Waals surface area contributed by atoms with Crippen LogP contribution in [0, 0.1) is 5.82 Å². The van der Waals surface area contributed by atoms with Gasteiger partial charge in [-0.05, 0) is 44.2 Å². The van der Waals surface area contributed by atoms with Crippen molar-refractivity contribution in [1.29, 1.82) is 0 Å². The Hall–Kier alpha value is -2.31. The first-order valence-electron chi connectivity index (χ1n) is 11.4. The van der Waals surface area contributed by atoms with Gasteiger partial charge in [0.1, 0.15) is 5.82 Å². The second-order valence-corrected chi connectivity index (χ2v) is 8.59. The maximum Gasteiger partial charge on any atom is 0.303 e. The van der Waals surface area contributed by atoms with Crippen LogP contribution in [0.2, 0.25) is 0 Å². The summed E-state index contributed by atoms with van der Waals surface area (Å²) in [6.07, 6.45) is 11.6. The minimum atomic E-state index is -0.896. The largest absolute Gasteiger partial charge is 0.481 e. The van der Waals surface area contributed by atoms with Gasteiger partial charge in [-0.15, -0.1) is 0 Å². The van der Waals surface area contributed by atoms with E-state index in [0.717, 1.165) is 51.4 Å². The lowest BCUT2D eigenvalue weighted by Crippen LogP contribution is -2.27. The van der Waals surface area contributed by atoms with Gasteiger partial charge in [0.05, 0.1) is 11.3 Å². The molecule has 0 aliphatic heterocycles. The molecule has 0 heterocycles. The molecule has 0 saturated heterocycles. The number of hydrogen-bond acceptors (Lipinski definition) is 4. The molecule has 1 amide bonds. The Balaban J connectivity index is 1.74. The number of anilines is 2. The average molecular weight is 420 g/mol. The Morgan fingerprint density at radius 3 is 2.07 bits per heavy atom. The number of amides is 1. The lowest BCUT2D eigenvalue weighted by atomic mass is 10.1. The third-order valence-corrected chi connectivity index (χ3v) is 6.13. The summed E-state index contributed by atoms with van der Waals surface area (Å²) < 4.78 is 14.9. The van der Waals surface area contributed by atoms with E-state index in [9.17, 15) is 14.0 Å². The van der Waals surface area contributed by atoms with Crippen LogP contribution in [-0.2, 0) is 4.79 Å². The van der Waals surface area contributed by atoms with Gasteiger partial charge >= 0.3 is 5.97 Å². The maximum absolute atomic E-state index is 14.9. The molecule has 2 fully saturated rings. The van der Waals surface area contributed by atoms with Crippen molar-refractivity contribution in [2.24, 2.45) is 0 Å². The number of carboxylic acid groups (broad SMARTS) is 1. The summed E-state index contributed by atoms with van der Waals surface area (Å²) in [7, 11) is 0. The Kier molecular flexibility index (Phi) is 8.34.